The summed E-state index contributed by atoms with van der Waals surface area (Å²) in [4.78, 5) is -0.742. The van der Waals surface area contributed by atoms with Gasteiger partial charge in [0, 0.05) is 12.1 Å². The number of hydrogen-bond acceptors (Lipinski definition) is 4. The number of fused-ring (bicyclic) bond motifs is 1. The Bertz CT molecular complexity index is 688. The zero-order valence-electron chi connectivity index (χ0n) is 12.6. The van der Waals surface area contributed by atoms with Crippen molar-refractivity contribution >= 4 is 22.9 Å². The second kappa shape index (κ2) is 6.15. The van der Waals surface area contributed by atoms with Crippen LogP contribution in [-0.4, -0.2) is 17.1 Å². The first-order chi connectivity index (χ1) is 10.7. The second-order valence-electron chi connectivity index (χ2n) is 5.54. The zero-order valence-corrected chi connectivity index (χ0v) is 13.3. The van der Waals surface area contributed by atoms with Gasteiger partial charge < -0.3 is 5.73 Å². The highest BCUT2D eigenvalue weighted by Crippen LogP contribution is 2.46. The number of halogens is 1. The van der Waals surface area contributed by atoms with Crippen molar-refractivity contribution in [1.82, 2.24) is 0 Å². The van der Waals surface area contributed by atoms with Crippen LogP contribution in [0.3, 0.4) is 0 Å². The third-order valence-corrected chi connectivity index (χ3v) is 4.72. The Morgan fingerprint density at radius 1 is 1.23 bits per heavy atom. The van der Waals surface area contributed by atoms with E-state index in [1.54, 1.807) is 0 Å². The Morgan fingerprint density at radius 3 is 2.68 bits per heavy atom. The molecule has 0 fully saturated rings. The first-order valence-corrected chi connectivity index (χ1v) is 7.97. The summed E-state index contributed by atoms with van der Waals surface area (Å²) in [6.45, 7) is 2.49. The van der Waals surface area contributed by atoms with Crippen LogP contribution >= 0.6 is 11.6 Å². The summed E-state index contributed by atoms with van der Waals surface area (Å²) in [6, 6.07) is 10.0. The molecular formula is C17H19ClN4. The molecule has 114 valence electrons. The molecular weight excluding hydrogens is 296 g/mol. The normalized spacial score (nSPS) is 23.4. The molecule has 0 radical (unpaired) electrons. The average Bonchev–Trinajstić information content (AvgIpc) is 3.01. The Balaban J connectivity index is 2.15. The van der Waals surface area contributed by atoms with Gasteiger partial charge in [0.05, 0.1) is 0 Å². The fraction of sp³-hybridized carbons (Fsp3) is 0.353. The monoisotopic (exact) mass is 314 g/mol. The van der Waals surface area contributed by atoms with Gasteiger partial charge >= 0.3 is 0 Å². The molecule has 1 aliphatic heterocycles. The molecule has 0 saturated heterocycles. The lowest BCUT2D eigenvalue weighted by Crippen LogP contribution is -2.39. The lowest BCUT2D eigenvalue weighted by atomic mass is 9.77. The van der Waals surface area contributed by atoms with Crippen molar-refractivity contribution in [3.05, 3.63) is 53.2 Å². The largest absolute Gasteiger partial charge is 0.328 e. The molecule has 0 saturated carbocycles. The summed E-state index contributed by atoms with van der Waals surface area (Å²) < 4.78 is 0. The third kappa shape index (κ3) is 2.42. The molecule has 0 amide bonds. The van der Waals surface area contributed by atoms with Crippen LogP contribution in [0.1, 0.15) is 31.7 Å². The predicted molar refractivity (Wildman–Crippen MR) is 90.9 cm³/mol. The Hall–Kier alpha value is -1.78. The van der Waals surface area contributed by atoms with Crippen LogP contribution in [0.5, 0.6) is 0 Å². The van der Waals surface area contributed by atoms with Gasteiger partial charge in [0.15, 0.2) is 0 Å². The van der Waals surface area contributed by atoms with E-state index in [-0.39, 0.29) is 0 Å². The van der Waals surface area contributed by atoms with Gasteiger partial charge in [0.2, 0.25) is 0 Å². The minimum absolute atomic E-state index is 0.320. The fourth-order valence-electron chi connectivity index (χ4n) is 2.96. The van der Waals surface area contributed by atoms with Gasteiger partial charge in [-0.15, -0.1) is 21.8 Å². The van der Waals surface area contributed by atoms with Crippen molar-refractivity contribution in [3.8, 4) is 0 Å². The summed E-state index contributed by atoms with van der Waals surface area (Å²) in [5.41, 5.74) is 10.7. The van der Waals surface area contributed by atoms with Crippen LogP contribution < -0.4 is 5.73 Å². The zero-order chi connectivity index (χ0) is 15.6. The van der Waals surface area contributed by atoms with Gasteiger partial charge in [-0.1, -0.05) is 43.7 Å². The van der Waals surface area contributed by atoms with E-state index in [9.17, 15) is 0 Å². The van der Waals surface area contributed by atoms with E-state index in [4.69, 9.17) is 17.3 Å². The number of benzene rings is 1. The molecule has 22 heavy (non-hydrogen) atoms. The van der Waals surface area contributed by atoms with E-state index in [1.165, 1.54) is 0 Å². The summed E-state index contributed by atoms with van der Waals surface area (Å²) in [5, 5.41) is 12.2. The van der Waals surface area contributed by atoms with Crippen molar-refractivity contribution < 1.29 is 0 Å². The standard InChI is InChI=1S/C17H19ClN4/c1-2-3-9-13-10-14-16(21-22-20-14)15(17(13,18)11-19)12-7-5-4-6-8-12/h4-8,10H,2-3,9,11,19H2,1H3. The molecule has 0 bridgehead atoms. The molecule has 2 N–H and O–H groups in total. The third-order valence-electron chi connectivity index (χ3n) is 4.14. The molecule has 1 atom stereocenters. The number of allylic oxidation sites excluding steroid dienone is 1. The van der Waals surface area contributed by atoms with Crippen molar-refractivity contribution in [2.75, 3.05) is 6.54 Å². The fourth-order valence-corrected chi connectivity index (χ4v) is 3.31. The molecule has 3 rings (SSSR count). The molecule has 2 aliphatic rings. The first-order valence-electron chi connectivity index (χ1n) is 7.60. The highest BCUT2D eigenvalue weighted by atomic mass is 35.5. The van der Waals surface area contributed by atoms with Gasteiger partial charge in [0.25, 0.3) is 0 Å². The number of alkyl halides is 1. The van der Waals surface area contributed by atoms with E-state index >= 15 is 0 Å². The van der Waals surface area contributed by atoms with Crippen LogP contribution in [-0.2, 0) is 0 Å². The highest BCUT2D eigenvalue weighted by Gasteiger charge is 2.42. The number of nitrogens with two attached hydrogens (primary N) is 1. The smallest absolute Gasteiger partial charge is 0.121 e. The number of unbranched alkanes of at least 4 members (excludes halogenated alkanes) is 1. The lowest BCUT2D eigenvalue weighted by molar-refractivity contribution is 0.710. The maximum absolute atomic E-state index is 7.02. The van der Waals surface area contributed by atoms with Gasteiger partial charge in [-0.05, 0) is 35.3 Å². The van der Waals surface area contributed by atoms with Gasteiger partial charge in [-0.2, -0.15) is 0 Å². The maximum Gasteiger partial charge on any atom is 0.121 e. The number of hydrogen-bond donors (Lipinski definition) is 1. The molecule has 0 aromatic heterocycles. The minimum atomic E-state index is -0.742. The summed E-state index contributed by atoms with van der Waals surface area (Å²) >= 11 is 7.02. The Kier molecular flexibility index (Phi) is 4.23. The molecule has 1 aromatic carbocycles. The summed E-state index contributed by atoms with van der Waals surface area (Å²) in [7, 11) is 0. The molecule has 0 spiro atoms. The second-order valence-corrected chi connectivity index (χ2v) is 6.19. The van der Waals surface area contributed by atoms with Gasteiger partial charge in [-0.25, -0.2) is 0 Å². The molecule has 1 aromatic rings. The van der Waals surface area contributed by atoms with Crippen LogP contribution in [0.2, 0.25) is 0 Å². The quantitative estimate of drug-likeness (QED) is 0.810. The summed E-state index contributed by atoms with van der Waals surface area (Å²) in [6.07, 6.45) is 5.09. The summed E-state index contributed by atoms with van der Waals surface area (Å²) in [5.74, 6) is 0. The van der Waals surface area contributed by atoms with Crippen LogP contribution in [0.25, 0.3) is 5.57 Å². The predicted octanol–water partition coefficient (Wildman–Crippen LogP) is 4.29. The number of rotatable bonds is 5. The Morgan fingerprint density at radius 2 is 2.00 bits per heavy atom. The van der Waals surface area contributed by atoms with Crippen LogP contribution in [0.4, 0.5) is 0 Å². The lowest BCUT2D eigenvalue weighted by Gasteiger charge is -2.35. The molecule has 1 aliphatic carbocycles. The molecule has 1 unspecified atom stereocenters. The average molecular weight is 315 g/mol. The van der Waals surface area contributed by atoms with Gasteiger partial charge in [-0.3, -0.25) is 0 Å². The van der Waals surface area contributed by atoms with Crippen LogP contribution in [0, 0.1) is 0 Å². The maximum atomic E-state index is 7.02. The Labute approximate surface area is 135 Å². The van der Waals surface area contributed by atoms with E-state index in [1.807, 2.05) is 36.4 Å². The molecule has 5 heteroatoms. The highest BCUT2D eigenvalue weighted by molar-refractivity contribution is 6.36. The molecule has 4 nitrogen and oxygen atoms in total. The van der Waals surface area contributed by atoms with E-state index in [0.29, 0.717) is 6.54 Å². The van der Waals surface area contributed by atoms with Crippen molar-refractivity contribution in [2.45, 2.75) is 31.1 Å². The van der Waals surface area contributed by atoms with E-state index in [0.717, 1.165) is 47.4 Å². The van der Waals surface area contributed by atoms with Crippen LogP contribution in [0.15, 0.2) is 63.1 Å². The first kappa shape index (κ1) is 15.1. The van der Waals surface area contributed by atoms with E-state index < -0.39 is 4.87 Å². The molecule has 1 heterocycles. The van der Waals surface area contributed by atoms with Crippen molar-refractivity contribution in [3.63, 3.8) is 0 Å². The van der Waals surface area contributed by atoms with Gasteiger partial charge in [0.1, 0.15) is 16.3 Å². The SMILES string of the molecule is CCCCC1=CC2=NN=NC2=C(c2ccccc2)C1(Cl)CN. The van der Waals surface area contributed by atoms with Crippen molar-refractivity contribution in [1.29, 1.82) is 0 Å². The number of nitrogens with zero attached hydrogens (tertiary/aromatic N) is 3. The van der Waals surface area contributed by atoms with E-state index in [2.05, 4.69) is 22.4 Å². The minimum Gasteiger partial charge on any atom is -0.328 e. The topological polar surface area (TPSA) is 63.1 Å². The van der Waals surface area contributed by atoms with Crippen molar-refractivity contribution in [2.24, 2.45) is 21.2 Å².